The minimum absolute atomic E-state index is 0.142. The summed E-state index contributed by atoms with van der Waals surface area (Å²) in [7, 11) is 0. The Balaban J connectivity index is 1.65. The summed E-state index contributed by atoms with van der Waals surface area (Å²) in [6.45, 7) is 1.62. The first-order chi connectivity index (χ1) is 10.6. The molecule has 0 saturated carbocycles. The van der Waals surface area contributed by atoms with Crippen LogP contribution in [0.5, 0.6) is 0 Å². The molecule has 2 aromatic rings. The maximum absolute atomic E-state index is 12.1. The largest absolute Gasteiger partial charge is 0.448 e. The zero-order valence-electron chi connectivity index (χ0n) is 12.2. The van der Waals surface area contributed by atoms with Crippen LogP contribution in [0.3, 0.4) is 0 Å². The fourth-order valence-electron chi connectivity index (χ4n) is 2.48. The highest BCUT2D eigenvalue weighted by Gasteiger charge is 2.16. The van der Waals surface area contributed by atoms with Gasteiger partial charge in [0.15, 0.2) is 12.1 Å². The van der Waals surface area contributed by atoms with Crippen molar-refractivity contribution in [3.63, 3.8) is 0 Å². The quantitative estimate of drug-likeness (QED) is 0.816. The second-order valence-corrected chi connectivity index (χ2v) is 5.20. The molecule has 0 atom stereocenters. The van der Waals surface area contributed by atoms with Crippen LogP contribution in [0.4, 0.5) is 0 Å². The smallest absolute Gasteiger partial charge is 0.291 e. The number of fused-ring (bicyclic) bond motifs is 1. The van der Waals surface area contributed by atoms with Crippen LogP contribution in [0, 0.1) is 6.92 Å². The van der Waals surface area contributed by atoms with Crippen molar-refractivity contribution in [2.75, 3.05) is 0 Å². The topological polar surface area (TPSA) is 97.1 Å². The molecule has 0 bridgehead atoms. The standard InChI is InChI=1S/C15H16N4O3/c1-9-13(17-8-22-9)15(21)19-18-14(20)11-6-10-4-2-3-5-12(10)16-7-11/h6-8H,2-5H2,1H3,(H,18,20)(H,19,21). The Morgan fingerprint density at radius 1 is 1.14 bits per heavy atom. The third kappa shape index (κ3) is 2.83. The van der Waals surface area contributed by atoms with E-state index < -0.39 is 11.8 Å². The van der Waals surface area contributed by atoms with E-state index in [1.807, 2.05) is 6.07 Å². The fourth-order valence-corrected chi connectivity index (χ4v) is 2.48. The van der Waals surface area contributed by atoms with Gasteiger partial charge >= 0.3 is 0 Å². The van der Waals surface area contributed by atoms with Gasteiger partial charge in [-0.3, -0.25) is 25.4 Å². The predicted octanol–water partition coefficient (Wildman–Crippen LogP) is 1.33. The number of carbonyl (C=O) groups is 2. The van der Waals surface area contributed by atoms with Crippen LogP contribution in [0.2, 0.25) is 0 Å². The first kappa shape index (κ1) is 14.2. The molecule has 0 saturated heterocycles. The van der Waals surface area contributed by atoms with Gasteiger partial charge in [0, 0.05) is 11.9 Å². The molecule has 0 fully saturated rings. The summed E-state index contributed by atoms with van der Waals surface area (Å²) in [5, 5.41) is 0. The van der Waals surface area contributed by atoms with Crippen molar-refractivity contribution in [3.05, 3.63) is 46.9 Å². The molecule has 3 rings (SSSR count). The average Bonchev–Trinajstić information content (AvgIpc) is 2.98. The molecule has 0 spiro atoms. The van der Waals surface area contributed by atoms with E-state index in [2.05, 4.69) is 20.8 Å². The molecular weight excluding hydrogens is 284 g/mol. The number of aromatic nitrogens is 2. The van der Waals surface area contributed by atoms with Crippen LogP contribution in [0.1, 0.15) is 50.7 Å². The Morgan fingerprint density at radius 3 is 2.68 bits per heavy atom. The van der Waals surface area contributed by atoms with Crippen molar-refractivity contribution in [2.24, 2.45) is 0 Å². The van der Waals surface area contributed by atoms with Crippen molar-refractivity contribution < 1.29 is 14.0 Å². The molecule has 114 valence electrons. The minimum atomic E-state index is -0.523. The molecule has 1 aliphatic carbocycles. The number of amides is 2. The molecule has 7 heteroatoms. The van der Waals surface area contributed by atoms with E-state index >= 15 is 0 Å². The summed E-state index contributed by atoms with van der Waals surface area (Å²) in [5.41, 5.74) is 7.42. The van der Waals surface area contributed by atoms with Crippen LogP contribution in [0.15, 0.2) is 23.1 Å². The summed E-state index contributed by atoms with van der Waals surface area (Å²) in [6, 6.07) is 1.84. The second kappa shape index (κ2) is 5.97. The Hall–Kier alpha value is -2.70. The van der Waals surface area contributed by atoms with Crippen LogP contribution >= 0.6 is 0 Å². The van der Waals surface area contributed by atoms with Gasteiger partial charge in [-0.1, -0.05) is 0 Å². The molecule has 0 aliphatic heterocycles. The molecule has 0 unspecified atom stereocenters. The molecule has 2 amide bonds. The van der Waals surface area contributed by atoms with Crippen LogP contribution in [-0.2, 0) is 12.8 Å². The third-order valence-electron chi connectivity index (χ3n) is 3.68. The van der Waals surface area contributed by atoms with Gasteiger partial charge in [0.25, 0.3) is 11.8 Å². The highest BCUT2D eigenvalue weighted by Crippen LogP contribution is 2.19. The van der Waals surface area contributed by atoms with Gasteiger partial charge in [0.2, 0.25) is 0 Å². The number of carbonyl (C=O) groups excluding carboxylic acids is 2. The molecule has 2 aromatic heterocycles. The first-order valence-corrected chi connectivity index (χ1v) is 7.13. The van der Waals surface area contributed by atoms with E-state index in [1.54, 1.807) is 6.92 Å². The molecule has 2 N–H and O–H groups in total. The zero-order valence-corrected chi connectivity index (χ0v) is 12.2. The highest BCUT2D eigenvalue weighted by atomic mass is 16.3. The van der Waals surface area contributed by atoms with E-state index in [4.69, 9.17) is 4.42 Å². The van der Waals surface area contributed by atoms with E-state index in [9.17, 15) is 9.59 Å². The monoisotopic (exact) mass is 300 g/mol. The Kier molecular flexibility index (Phi) is 3.86. The van der Waals surface area contributed by atoms with Crippen molar-refractivity contribution >= 4 is 11.8 Å². The number of nitrogens with zero attached hydrogens (tertiary/aromatic N) is 2. The summed E-state index contributed by atoms with van der Waals surface area (Å²) in [5.74, 6) is -0.539. The van der Waals surface area contributed by atoms with Crippen LogP contribution < -0.4 is 10.9 Å². The van der Waals surface area contributed by atoms with Gasteiger partial charge in [0.1, 0.15) is 5.76 Å². The molecule has 1 aliphatic rings. The van der Waals surface area contributed by atoms with Gasteiger partial charge in [-0.2, -0.15) is 0 Å². The van der Waals surface area contributed by atoms with Gasteiger partial charge < -0.3 is 4.42 Å². The zero-order chi connectivity index (χ0) is 15.5. The lowest BCUT2D eigenvalue weighted by molar-refractivity contribution is 0.0843. The number of rotatable bonds is 2. The average molecular weight is 300 g/mol. The van der Waals surface area contributed by atoms with Gasteiger partial charge in [-0.05, 0) is 44.2 Å². The van der Waals surface area contributed by atoms with Gasteiger partial charge in [-0.15, -0.1) is 0 Å². The molecule has 22 heavy (non-hydrogen) atoms. The number of nitrogens with one attached hydrogen (secondary N) is 2. The highest BCUT2D eigenvalue weighted by molar-refractivity contribution is 5.98. The number of oxazole rings is 1. The lowest BCUT2D eigenvalue weighted by Crippen LogP contribution is -2.42. The van der Waals surface area contributed by atoms with E-state index in [-0.39, 0.29) is 5.69 Å². The predicted molar refractivity (Wildman–Crippen MR) is 77.1 cm³/mol. The normalized spacial score (nSPS) is 13.3. The summed E-state index contributed by atoms with van der Waals surface area (Å²) >= 11 is 0. The van der Waals surface area contributed by atoms with Gasteiger partial charge in [0.05, 0.1) is 5.56 Å². The Bertz CT molecular complexity index is 723. The Morgan fingerprint density at radius 2 is 1.91 bits per heavy atom. The van der Waals surface area contributed by atoms with Gasteiger partial charge in [-0.25, -0.2) is 4.98 Å². The fraction of sp³-hybridized carbons (Fsp3) is 0.333. The SMILES string of the molecule is Cc1ocnc1C(=O)NNC(=O)c1cnc2c(c1)CCCC2. The summed E-state index contributed by atoms with van der Waals surface area (Å²) < 4.78 is 4.94. The number of aryl methyl sites for hydroxylation is 3. The molecule has 0 aromatic carbocycles. The van der Waals surface area contributed by atoms with Crippen molar-refractivity contribution in [2.45, 2.75) is 32.6 Å². The number of hydrogen-bond acceptors (Lipinski definition) is 5. The Labute approximate surface area is 127 Å². The van der Waals surface area contributed by atoms with E-state index in [0.29, 0.717) is 11.3 Å². The second-order valence-electron chi connectivity index (χ2n) is 5.20. The van der Waals surface area contributed by atoms with E-state index in [0.717, 1.165) is 36.9 Å². The third-order valence-corrected chi connectivity index (χ3v) is 3.68. The lowest BCUT2D eigenvalue weighted by Gasteiger charge is -2.15. The number of hydrogen-bond donors (Lipinski definition) is 2. The molecule has 7 nitrogen and oxygen atoms in total. The first-order valence-electron chi connectivity index (χ1n) is 7.13. The summed E-state index contributed by atoms with van der Waals surface area (Å²) in [4.78, 5) is 32.0. The number of hydrazine groups is 1. The molecular formula is C15H16N4O3. The lowest BCUT2D eigenvalue weighted by atomic mass is 9.95. The number of pyridine rings is 1. The maximum atomic E-state index is 12.1. The van der Waals surface area contributed by atoms with Crippen molar-refractivity contribution in [1.82, 2.24) is 20.8 Å². The maximum Gasteiger partial charge on any atom is 0.291 e. The van der Waals surface area contributed by atoms with Crippen molar-refractivity contribution in [1.29, 1.82) is 0 Å². The van der Waals surface area contributed by atoms with E-state index in [1.165, 1.54) is 12.6 Å². The van der Waals surface area contributed by atoms with Crippen LogP contribution in [-0.4, -0.2) is 21.8 Å². The van der Waals surface area contributed by atoms with Crippen LogP contribution in [0.25, 0.3) is 0 Å². The minimum Gasteiger partial charge on any atom is -0.448 e. The molecule has 2 heterocycles. The summed E-state index contributed by atoms with van der Waals surface area (Å²) in [6.07, 6.45) is 6.86. The van der Waals surface area contributed by atoms with Crippen molar-refractivity contribution in [3.8, 4) is 0 Å². The molecule has 0 radical (unpaired) electrons.